The Kier molecular flexibility index (Phi) is 3.76. The fraction of sp³-hybridized carbons (Fsp3) is 0.583. The number of nitrogens with two attached hydrogens (primary N) is 1. The van der Waals surface area contributed by atoms with Gasteiger partial charge in [0.05, 0.1) is 0 Å². The lowest BCUT2D eigenvalue weighted by Crippen LogP contribution is -2.39. The minimum absolute atomic E-state index is 0.0621. The van der Waals surface area contributed by atoms with Crippen molar-refractivity contribution in [2.24, 2.45) is 11.8 Å². The number of hydrazine groups is 1. The standard InChI is InChI=1S/C12H19N5O/c1-8(2)17(7-9-3-4-9)12(18)10-5-6-11(14-13)16-15-10/h5-6,8-9H,3-4,7,13H2,1-2H3,(H,14,16). The maximum absolute atomic E-state index is 12.3. The number of nitrogens with one attached hydrogen (secondary N) is 1. The molecule has 2 rings (SSSR count). The average Bonchev–Trinajstić information content (AvgIpc) is 3.19. The van der Waals surface area contributed by atoms with Crippen molar-refractivity contribution < 1.29 is 4.79 Å². The van der Waals surface area contributed by atoms with Crippen LogP contribution in [0.3, 0.4) is 0 Å². The number of hydrogen-bond acceptors (Lipinski definition) is 5. The monoisotopic (exact) mass is 249 g/mol. The molecule has 0 unspecified atom stereocenters. The van der Waals surface area contributed by atoms with Crippen molar-refractivity contribution in [2.75, 3.05) is 12.0 Å². The number of nitrogen functional groups attached to an aromatic ring is 1. The van der Waals surface area contributed by atoms with Gasteiger partial charge in [-0.05, 0) is 44.7 Å². The van der Waals surface area contributed by atoms with Crippen LogP contribution in [0.15, 0.2) is 12.1 Å². The summed E-state index contributed by atoms with van der Waals surface area (Å²) in [5.41, 5.74) is 2.75. The highest BCUT2D eigenvalue weighted by Crippen LogP contribution is 2.30. The van der Waals surface area contributed by atoms with Crippen molar-refractivity contribution in [1.82, 2.24) is 15.1 Å². The van der Waals surface area contributed by atoms with E-state index in [0.29, 0.717) is 17.4 Å². The number of rotatable bonds is 5. The van der Waals surface area contributed by atoms with Gasteiger partial charge in [-0.2, -0.15) is 0 Å². The maximum Gasteiger partial charge on any atom is 0.274 e. The van der Waals surface area contributed by atoms with E-state index in [1.54, 1.807) is 12.1 Å². The molecule has 98 valence electrons. The molecule has 0 radical (unpaired) electrons. The fourth-order valence-electron chi connectivity index (χ4n) is 1.78. The summed E-state index contributed by atoms with van der Waals surface area (Å²) < 4.78 is 0. The summed E-state index contributed by atoms with van der Waals surface area (Å²) in [6.45, 7) is 4.85. The normalized spacial score (nSPS) is 14.7. The van der Waals surface area contributed by atoms with E-state index >= 15 is 0 Å². The number of carbonyl (C=O) groups is 1. The zero-order valence-corrected chi connectivity index (χ0v) is 10.8. The van der Waals surface area contributed by atoms with Crippen LogP contribution in [0.4, 0.5) is 5.82 Å². The van der Waals surface area contributed by atoms with Gasteiger partial charge in [0.2, 0.25) is 0 Å². The lowest BCUT2D eigenvalue weighted by atomic mass is 10.2. The Bertz CT molecular complexity index is 413. The summed E-state index contributed by atoms with van der Waals surface area (Å²) in [6, 6.07) is 3.47. The Morgan fingerprint density at radius 2 is 2.22 bits per heavy atom. The van der Waals surface area contributed by atoms with E-state index in [9.17, 15) is 4.79 Å². The molecule has 6 heteroatoms. The minimum Gasteiger partial charge on any atom is -0.335 e. The van der Waals surface area contributed by atoms with E-state index in [4.69, 9.17) is 5.84 Å². The van der Waals surface area contributed by atoms with Crippen LogP contribution in [0.25, 0.3) is 0 Å². The summed E-state index contributed by atoms with van der Waals surface area (Å²) in [6.07, 6.45) is 2.44. The molecule has 1 aromatic heterocycles. The third-order valence-corrected chi connectivity index (χ3v) is 3.07. The lowest BCUT2D eigenvalue weighted by Gasteiger charge is -2.26. The topological polar surface area (TPSA) is 84.1 Å². The van der Waals surface area contributed by atoms with Crippen LogP contribution in [0, 0.1) is 5.92 Å². The van der Waals surface area contributed by atoms with Gasteiger partial charge in [-0.1, -0.05) is 0 Å². The molecule has 18 heavy (non-hydrogen) atoms. The number of amides is 1. The largest absolute Gasteiger partial charge is 0.335 e. The Balaban J connectivity index is 2.10. The van der Waals surface area contributed by atoms with E-state index in [1.165, 1.54) is 12.8 Å². The summed E-state index contributed by atoms with van der Waals surface area (Å²) in [7, 11) is 0. The van der Waals surface area contributed by atoms with E-state index in [1.807, 2.05) is 18.7 Å². The Labute approximate surface area is 107 Å². The van der Waals surface area contributed by atoms with E-state index in [-0.39, 0.29) is 11.9 Å². The smallest absolute Gasteiger partial charge is 0.274 e. The highest BCUT2D eigenvalue weighted by molar-refractivity contribution is 5.92. The van der Waals surface area contributed by atoms with Crippen molar-refractivity contribution in [2.45, 2.75) is 32.7 Å². The Morgan fingerprint density at radius 3 is 2.67 bits per heavy atom. The first-order valence-corrected chi connectivity index (χ1v) is 6.23. The van der Waals surface area contributed by atoms with E-state index in [2.05, 4.69) is 15.6 Å². The first kappa shape index (κ1) is 12.8. The van der Waals surface area contributed by atoms with Gasteiger partial charge in [0, 0.05) is 12.6 Å². The van der Waals surface area contributed by atoms with Crippen molar-refractivity contribution in [3.8, 4) is 0 Å². The number of anilines is 1. The quantitative estimate of drug-likeness (QED) is 0.601. The van der Waals surface area contributed by atoms with Crippen LogP contribution in [0.1, 0.15) is 37.2 Å². The van der Waals surface area contributed by atoms with Crippen molar-refractivity contribution in [3.63, 3.8) is 0 Å². The summed E-state index contributed by atoms with van der Waals surface area (Å²) in [5.74, 6) is 6.26. The zero-order valence-electron chi connectivity index (χ0n) is 10.8. The molecule has 1 aliphatic rings. The van der Waals surface area contributed by atoms with Crippen LogP contribution in [-0.4, -0.2) is 33.6 Å². The highest BCUT2D eigenvalue weighted by Gasteiger charge is 2.29. The predicted molar refractivity (Wildman–Crippen MR) is 68.7 cm³/mol. The summed E-state index contributed by atoms with van der Waals surface area (Å²) in [4.78, 5) is 14.2. The van der Waals surface area contributed by atoms with Crippen LogP contribution < -0.4 is 11.3 Å². The van der Waals surface area contributed by atoms with Gasteiger partial charge in [0.1, 0.15) is 0 Å². The average molecular weight is 249 g/mol. The molecule has 1 aromatic rings. The molecule has 1 amide bonds. The third-order valence-electron chi connectivity index (χ3n) is 3.07. The zero-order chi connectivity index (χ0) is 13.1. The van der Waals surface area contributed by atoms with Crippen molar-refractivity contribution in [3.05, 3.63) is 17.8 Å². The van der Waals surface area contributed by atoms with Gasteiger partial charge < -0.3 is 10.3 Å². The molecule has 0 aliphatic heterocycles. The van der Waals surface area contributed by atoms with Crippen molar-refractivity contribution >= 4 is 11.7 Å². The fourth-order valence-corrected chi connectivity index (χ4v) is 1.78. The van der Waals surface area contributed by atoms with Gasteiger partial charge >= 0.3 is 0 Å². The van der Waals surface area contributed by atoms with Gasteiger partial charge in [-0.25, -0.2) is 5.84 Å². The van der Waals surface area contributed by atoms with Crippen molar-refractivity contribution in [1.29, 1.82) is 0 Å². The summed E-state index contributed by atoms with van der Waals surface area (Å²) >= 11 is 0. The maximum atomic E-state index is 12.3. The molecular formula is C12H19N5O. The molecule has 6 nitrogen and oxygen atoms in total. The van der Waals surface area contributed by atoms with Crippen LogP contribution >= 0.6 is 0 Å². The number of carbonyl (C=O) groups excluding carboxylic acids is 1. The van der Waals surface area contributed by atoms with Gasteiger partial charge in [0.15, 0.2) is 11.5 Å². The number of hydrogen-bond donors (Lipinski definition) is 2. The van der Waals surface area contributed by atoms with Crippen LogP contribution in [-0.2, 0) is 0 Å². The van der Waals surface area contributed by atoms with Gasteiger partial charge in [-0.15, -0.1) is 10.2 Å². The molecule has 1 fully saturated rings. The Morgan fingerprint density at radius 1 is 1.50 bits per heavy atom. The predicted octanol–water partition coefficient (Wildman–Crippen LogP) is 1.02. The molecule has 0 saturated heterocycles. The molecule has 0 spiro atoms. The molecule has 1 aliphatic carbocycles. The highest BCUT2D eigenvalue weighted by atomic mass is 16.2. The lowest BCUT2D eigenvalue weighted by molar-refractivity contribution is 0.0689. The number of nitrogens with zero attached hydrogens (tertiary/aromatic N) is 3. The van der Waals surface area contributed by atoms with Crippen LogP contribution in [0.2, 0.25) is 0 Å². The second-order valence-corrected chi connectivity index (χ2v) is 4.94. The molecule has 1 heterocycles. The summed E-state index contributed by atoms with van der Waals surface area (Å²) in [5, 5.41) is 7.72. The second kappa shape index (κ2) is 5.30. The molecule has 0 bridgehead atoms. The molecular weight excluding hydrogens is 230 g/mol. The molecule has 3 N–H and O–H groups in total. The van der Waals surface area contributed by atoms with E-state index in [0.717, 1.165) is 6.54 Å². The van der Waals surface area contributed by atoms with Gasteiger partial charge in [-0.3, -0.25) is 4.79 Å². The SMILES string of the molecule is CC(C)N(CC1CC1)C(=O)c1ccc(NN)nn1. The molecule has 1 saturated carbocycles. The third kappa shape index (κ3) is 2.95. The number of aromatic nitrogens is 2. The first-order chi connectivity index (χ1) is 8.61. The minimum atomic E-state index is -0.0621. The van der Waals surface area contributed by atoms with Crippen LogP contribution in [0.5, 0.6) is 0 Å². The molecule has 0 atom stereocenters. The van der Waals surface area contributed by atoms with Gasteiger partial charge in [0.25, 0.3) is 5.91 Å². The second-order valence-electron chi connectivity index (χ2n) is 4.94. The molecule has 0 aromatic carbocycles. The Hall–Kier alpha value is -1.69. The first-order valence-electron chi connectivity index (χ1n) is 6.23. The van der Waals surface area contributed by atoms with E-state index < -0.39 is 0 Å².